The molecule has 0 radical (unpaired) electrons. The van der Waals surface area contributed by atoms with Gasteiger partial charge >= 0.3 is 0 Å². The summed E-state index contributed by atoms with van der Waals surface area (Å²) in [6.45, 7) is 2.35. The Hall–Kier alpha value is -1.50. The number of hydrogen-bond acceptors (Lipinski definition) is 6. The lowest BCUT2D eigenvalue weighted by Gasteiger charge is -2.15. The van der Waals surface area contributed by atoms with E-state index in [0.29, 0.717) is 34.0 Å². The monoisotopic (exact) mass is 365 g/mol. The van der Waals surface area contributed by atoms with Gasteiger partial charge in [0.2, 0.25) is 5.78 Å². The van der Waals surface area contributed by atoms with Crippen molar-refractivity contribution in [3.8, 4) is 0 Å². The summed E-state index contributed by atoms with van der Waals surface area (Å²) in [4.78, 5) is 21.7. The van der Waals surface area contributed by atoms with E-state index in [0.717, 1.165) is 18.4 Å². The molecule has 1 aliphatic carbocycles. The summed E-state index contributed by atoms with van der Waals surface area (Å²) >= 11 is 7.20. The van der Waals surface area contributed by atoms with Gasteiger partial charge in [-0.05, 0) is 41.7 Å². The van der Waals surface area contributed by atoms with E-state index in [-0.39, 0.29) is 18.4 Å². The molecule has 0 amide bonds. The second kappa shape index (κ2) is 7.59. The molecule has 1 aliphatic rings. The van der Waals surface area contributed by atoms with Crippen LogP contribution in [-0.2, 0) is 5.88 Å². The Bertz CT molecular complexity index is 721. The molecule has 5 nitrogen and oxygen atoms in total. The molecule has 0 aliphatic heterocycles. The molecule has 128 valence electrons. The van der Waals surface area contributed by atoms with Gasteiger partial charge in [-0.1, -0.05) is 6.92 Å². The van der Waals surface area contributed by atoms with Crippen molar-refractivity contribution in [2.75, 3.05) is 11.9 Å². The summed E-state index contributed by atoms with van der Waals surface area (Å²) in [6, 6.07) is 2.02. The molecule has 2 aromatic rings. The van der Waals surface area contributed by atoms with Crippen LogP contribution >= 0.6 is 22.9 Å². The molecule has 2 heterocycles. The van der Waals surface area contributed by atoms with Crippen molar-refractivity contribution in [3.63, 3.8) is 0 Å². The maximum absolute atomic E-state index is 12.8. The van der Waals surface area contributed by atoms with Crippen molar-refractivity contribution in [2.45, 2.75) is 31.7 Å². The molecule has 2 aromatic heterocycles. The Morgan fingerprint density at radius 1 is 1.50 bits per heavy atom. The standard InChI is InChI=1S/C17H20ClN3O2S/c1-10-2-13(4-12(10)7-22)21-17-14(6-19-9-20-17)16(23)15-3-11(5-18)8-24-15/h3,6,8-10,12-13,22H,2,4-5,7H2,1H3,(H,19,20,21)/t10-,12+,13-/m0/s1. The number of nitrogens with zero attached hydrogens (tertiary/aromatic N) is 2. The predicted molar refractivity (Wildman–Crippen MR) is 95.7 cm³/mol. The molecule has 0 saturated heterocycles. The summed E-state index contributed by atoms with van der Waals surface area (Å²) in [7, 11) is 0. The van der Waals surface area contributed by atoms with Crippen LogP contribution in [0.1, 0.15) is 40.6 Å². The molecular weight excluding hydrogens is 346 g/mol. The first-order valence-electron chi connectivity index (χ1n) is 7.97. The highest BCUT2D eigenvalue weighted by atomic mass is 35.5. The highest BCUT2D eigenvalue weighted by Crippen LogP contribution is 2.33. The molecular formula is C17H20ClN3O2S. The molecule has 0 aromatic carbocycles. The molecule has 3 rings (SSSR count). The number of anilines is 1. The first-order valence-corrected chi connectivity index (χ1v) is 9.39. The van der Waals surface area contributed by atoms with Crippen molar-refractivity contribution in [3.05, 3.63) is 40.0 Å². The smallest absolute Gasteiger partial charge is 0.208 e. The first-order chi connectivity index (χ1) is 11.6. The SMILES string of the molecule is C[C@H]1C[C@H](Nc2ncncc2C(=O)c2cc(CCl)cs2)C[C@@H]1CO. The number of aliphatic hydroxyl groups is 1. The zero-order valence-electron chi connectivity index (χ0n) is 13.4. The Kier molecular flexibility index (Phi) is 5.48. The predicted octanol–water partition coefficient (Wildman–Crippen LogP) is 3.33. The van der Waals surface area contributed by atoms with Crippen molar-refractivity contribution in [1.29, 1.82) is 0 Å². The van der Waals surface area contributed by atoms with Gasteiger partial charge in [0.1, 0.15) is 12.1 Å². The lowest BCUT2D eigenvalue weighted by Crippen LogP contribution is -2.19. The van der Waals surface area contributed by atoms with Gasteiger partial charge in [0.15, 0.2) is 0 Å². The van der Waals surface area contributed by atoms with Crippen LogP contribution in [0.4, 0.5) is 5.82 Å². The average molecular weight is 366 g/mol. The fourth-order valence-corrected chi connectivity index (χ4v) is 4.32. The molecule has 0 bridgehead atoms. The summed E-state index contributed by atoms with van der Waals surface area (Å²) < 4.78 is 0. The number of carbonyl (C=O) groups excluding carboxylic acids is 1. The lowest BCUT2D eigenvalue weighted by molar-refractivity contribution is 0.104. The van der Waals surface area contributed by atoms with E-state index < -0.39 is 0 Å². The van der Waals surface area contributed by atoms with Crippen LogP contribution in [0.3, 0.4) is 0 Å². The van der Waals surface area contributed by atoms with Crippen LogP contribution < -0.4 is 5.32 Å². The largest absolute Gasteiger partial charge is 0.396 e. The van der Waals surface area contributed by atoms with Crippen LogP contribution in [0.2, 0.25) is 0 Å². The van der Waals surface area contributed by atoms with Gasteiger partial charge in [-0.25, -0.2) is 9.97 Å². The highest BCUT2D eigenvalue weighted by molar-refractivity contribution is 7.12. The minimum absolute atomic E-state index is 0.0933. The van der Waals surface area contributed by atoms with Crippen molar-refractivity contribution < 1.29 is 9.90 Å². The van der Waals surface area contributed by atoms with Gasteiger partial charge in [0.25, 0.3) is 0 Å². The number of aliphatic hydroxyl groups excluding tert-OH is 1. The van der Waals surface area contributed by atoms with E-state index >= 15 is 0 Å². The minimum atomic E-state index is -0.0933. The van der Waals surface area contributed by atoms with Crippen LogP contribution in [0.5, 0.6) is 0 Å². The van der Waals surface area contributed by atoms with E-state index in [4.69, 9.17) is 11.6 Å². The van der Waals surface area contributed by atoms with Gasteiger partial charge < -0.3 is 10.4 Å². The maximum atomic E-state index is 12.8. The number of nitrogens with one attached hydrogen (secondary N) is 1. The number of halogens is 1. The summed E-state index contributed by atoms with van der Waals surface area (Å²) in [5.74, 6) is 1.61. The summed E-state index contributed by atoms with van der Waals surface area (Å²) in [5.41, 5.74) is 1.41. The lowest BCUT2D eigenvalue weighted by atomic mass is 10.00. The van der Waals surface area contributed by atoms with E-state index in [9.17, 15) is 9.90 Å². The first kappa shape index (κ1) is 17.3. The van der Waals surface area contributed by atoms with Crippen LogP contribution in [0, 0.1) is 11.8 Å². The van der Waals surface area contributed by atoms with Crippen LogP contribution in [0.15, 0.2) is 24.0 Å². The molecule has 1 fully saturated rings. The zero-order chi connectivity index (χ0) is 17.1. The van der Waals surface area contributed by atoms with Gasteiger partial charge in [-0.15, -0.1) is 22.9 Å². The molecule has 0 spiro atoms. The fraction of sp³-hybridized carbons (Fsp3) is 0.471. The van der Waals surface area contributed by atoms with Gasteiger partial charge in [0.05, 0.1) is 10.4 Å². The number of hydrogen-bond donors (Lipinski definition) is 2. The quantitative estimate of drug-likeness (QED) is 0.606. The Balaban J connectivity index is 1.79. The maximum Gasteiger partial charge on any atom is 0.208 e. The molecule has 7 heteroatoms. The summed E-state index contributed by atoms with van der Waals surface area (Å²) in [6.07, 6.45) is 4.84. The number of aromatic nitrogens is 2. The third-order valence-corrected chi connectivity index (χ3v) is 5.90. The number of ketones is 1. The van der Waals surface area contributed by atoms with Crippen LogP contribution in [-0.4, -0.2) is 33.5 Å². The Morgan fingerprint density at radius 2 is 2.33 bits per heavy atom. The van der Waals surface area contributed by atoms with Gasteiger partial charge in [-0.3, -0.25) is 4.79 Å². The Morgan fingerprint density at radius 3 is 3.00 bits per heavy atom. The van der Waals surface area contributed by atoms with E-state index in [1.807, 2.05) is 11.4 Å². The van der Waals surface area contributed by atoms with Crippen molar-refractivity contribution in [1.82, 2.24) is 9.97 Å². The van der Waals surface area contributed by atoms with Crippen molar-refractivity contribution in [2.24, 2.45) is 11.8 Å². The molecule has 2 N–H and O–H groups in total. The number of thiophene rings is 1. The molecule has 0 unspecified atom stereocenters. The number of alkyl halides is 1. The minimum Gasteiger partial charge on any atom is -0.396 e. The highest BCUT2D eigenvalue weighted by Gasteiger charge is 2.31. The second-order valence-electron chi connectivity index (χ2n) is 6.30. The fourth-order valence-electron chi connectivity index (χ4n) is 3.21. The Labute approximate surface area is 150 Å². The topological polar surface area (TPSA) is 75.1 Å². The molecule has 24 heavy (non-hydrogen) atoms. The third kappa shape index (κ3) is 3.61. The van der Waals surface area contributed by atoms with Crippen LogP contribution in [0.25, 0.3) is 0 Å². The normalized spacial score (nSPS) is 23.4. The number of rotatable bonds is 6. The molecule has 1 saturated carbocycles. The molecule has 3 atom stereocenters. The van der Waals surface area contributed by atoms with E-state index in [1.54, 1.807) is 6.20 Å². The number of carbonyl (C=O) groups is 1. The van der Waals surface area contributed by atoms with Gasteiger partial charge in [-0.2, -0.15) is 0 Å². The van der Waals surface area contributed by atoms with Gasteiger partial charge in [0, 0.05) is 24.7 Å². The second-order valence-corrected chi connectivity index (χ2v) is 7.48. The summed E-state index contributed by atoms with van der Waals surface area (Å²) in [5, 5.41) is 14.7. The zero-order valence-corrected chi connectivity index (χ0v) is 15.0. The van der Waals surface area contributed by atoms with Crippen molar-refractivity contribution >= 4 is 34.5 Å². The van der Waals surface area contributed by atoms with E-state index in [1.165, 1.54) is 17.7 Å². The third-order valence-electron chi connectivity index (χ3n) is 4.61. The van der Waals surface area contributed by atoms with E-state index in [2.05, 4.69) is 22.2 Å². The average Bonchev–Trinajstić information content (AvgIpc) is 3.21.